The molecule has 0 saturated carbocycles. The van der Waals surface area contributed by atoms with Crippen molar-refractivity contribution in [2.24, 2.45) is 0 Å². The van der Waals surface area contributed by atoms with Crippen LogP contribution in [0.4, 0.5) is 0 Å². The Kier molecular flexibility index (Phi) is 4.14. The lowest BCUT2D eigenvalue weighted by atomic mass is 10.1. The smallest absolute Gasteiger partial charge is 0.231 e. The van der Waals surface area contributed by atoms with E-state index in [9.17, 15) is 8.42 Å². The molecule has 1 aromatic heterocycles. The molecule has 0 spiro atoms. The number of rotatable bonds is 5. The van der Waals surface area contributed by atoms with E-state index in [0.717, 1.165) is 35.8 Å². The fourth-order valence-electron chi connectivity index (χ4n) is 3.28. The Hall–Kier alpha value is -2.10. The molecule has 3 heterocycles. The molecule has 0 radical (unpaired) electrons. The Morgan fingerprint density at radius 2 is 2.12 bits per heavy atom. The Morgan fingerprint density at radius 3 is 2.96 bits per heavy atom. The molecule has 2 aliphatic heterocycles. The van der Waals surface area contributed by atoms with Gasteiger partial charge in [-0.15, -0.1) is 0 Å². The van der Waals surface area contributed by atoms with Crippen LogP contribution in [-0.2, 0) is 23.1 Å². The van der Waals surface area contributed by atoms with Gasteiger partial charge in [0.2, 0.25) is 16.8 Å². The third-order valence-electron chi connectivity index (χ3n) is 4.38. The average Bonchev–Trinajstić information content (AvgIpc) is 3.19. The Bertz CT molecular complexity index is 880. The van der Waals surface area contributed by atoms with Gasteiger partial charge in [0.25, 0.3) is 0 Å². The minimum atomic E-state index is -3.23. The summed E-state index contributed by atoms with van der Waals surface area (Å²) in [5.41, 5.74) is 2.21. The van der Waals surface area contributed by atoms with E-state index in [-0.39, 0.29) is 12.8 Å². The first-order valence-corrected chi connectivity index (χ1v) is 9.95. The molecule has 134 valence electrons. The number of sulfonamides is 1. The number of benzene rings is 1. The van der Waals surface area contributed by atoms with Crippen molar-refractivity contribution in [3.8, 4) is 11.5 Å². The third-order valence-corrected chi connectivity index (χ3v) is 5.07. The fraction of sp³-hybridized carbons (Fsp3) is 0.438. The van der Waals surface area contributed by atoms with Crippen LogP contribution in [0, 0.1) is 0 Å². The summed E-state index contributed by atoms with van der Waals surface area (Å²) in [5.74, 6) is 1.55. The molecule has 0 amide bonds. The summed E-state index contributed by atoms with van der Waals surface area (Å²) in [6.07, 6.45) is 2.93. The lowest BCUT2D eigenvalue weighted by molar-refractivity contribution is 0.167. The highest BCUT2D eigenvalue weighted by molar-refractivity contribution is 7.88. The van der Waals surface area contributed by atoms with Crippen molar-refractivity contribution in [2.75, 3.05) is 26.1 Å². The van der Waals surface area contributed by atoms with Crippen molar-refractivity contribution in [2.45, 2.75) is 19.1 Å². The fourth-order valence-corrected chi connectivity index (χ4v) is 3.78. The molecule has 1 N–H and O–H groups in total. The van der Waals surface area contributed by atoms with E-state index in [0.29, 0.717) is 13.1 Å². The van der Waals surface area contributed by atoms with Crippen LogP contribution in [0.2, 0.25) is 0 Å². The molecular weight excluding hydrogens is 344 g/mol. The van der Waals surface area contributed by atoms with Gasteiger partial charge in [0.1, 0.15) is 0 Å². The van der Waals surface area contributed by atoms with Gasteiger partial charge in [0.15, 0.2) is 11.5 Å². The first-order chi connectivity index (χ1) is 12.0. The number of hydrogen-bond donors (Lipinski definition) is 1. The summed E-state index contributed by atoms with van der Waals surface area (Å²) in [7, 11) is -3.23. The number of nitrogens with one attached hydrogen (secondary N) is 1. The van der Waals surface area contributed by atoms with Crippen LogP contribution in [0.1, 0.15) is 17.3 Å². The van der Waals surface area contributed by atoms with Crippen LogP contribution >= 0.6 is 0 Å². The van der Waals surface area contributed by atoms with Gasteiger partial charge >= 0.3 is 0 Å². The van der Waals surface area contributed by atoms with Gasteiger partial charge in [0, 0.05) is 32.4 Å². The second-order valence-electron chi connectivity index (χ2n) is 6.40. The monoisotopic (exact) mass is 364 g/mol. The maximum Gasteiger partial charge on any atom is 0.231 e. The minimum absolute atomic E-state index is 0.0394. The van der Waals surface area contributed by atoms with Gasteiger partial charge in [-0.2, -0.15) is 5.10 Å². The normalized spacial score (nSPS) is 19.8. The Morgan fingerprint density at radius 1 is 1.28 bits per heavy atom. The molecular formula is C16H20N4O4S. The summed E-state index contributed by atoms with van der Waals surface area (Å²) >= 11 is 0. The summed E-state index contributed by atoms with van der Waals surface area (Å²) in [6.45, 7) is 2.82. The van der Waals surface area contributed by atoms with E-state index in [2.05, 4.69) is 14.7 Å². The van der Waals surface area contributed by atoms with E-state index < -0.39 is 10.0 Å². The highest BCUT2D eigenvalue weighted by Crippen LogP contribution is 2.33. The number of aromatic nitrogens is 2. The Labute approximate surface area is 146 Å². The minimum Gasteiger partial charge on any atom is -0.454 e. The van der Waals surface area contributed by atoms with E-state index in [4.69, 9.17) is 9.47 Å². The van der Waals surface area contributed by atoms with E-state index in [1.54, 1.807) is 6.20 Å². The number of ether oxygens (including phenoxy) is 2. The molecule has 0 bridgehead atoms. The molecule has 4 rings (SSSR count). The maximum atomic E-state index is 11.4. The number of hydrogen-bond acceptors (Lipinski definition) is 6. The van der Waals surface area contributed by atoms with Crippen molar-refractivity contribution in [1.82, 2.24) is 19.4 Å². The van der Waals surface area contributed by atoms with Crippen LogP contribution in [0.5, 0.6) is 11.5 Å². The summed E-state index contributed by atoms with van der Waals surface area (Å²) in [6, 6.07) is 7.89. The van der Waals surface area contributed by atoms with Crippen molar-refractivity contribution in [3.63, 3.8) is 0 Å². The molecule has 1 atom stereocenters. The first-order valence-electron chi connectivity index (χ1n) is 8.06. The SMILES string of the molecule is CS(=O)(=O)NC[C@H]1CN(Cc2ccc3c(c2)OCO3)Cc2ccnn21. The van der Waals surface area contributed by atoms with Crippen LogP contribution in [0.15, 0.2) is 30.5 Å². The lowest BCUT2D eigenvalue weighted by Crippen LogP contribution is -2.42. The largest absolute Gasteiger partial charge is 0.454 e. The zero-order chi connectivity index (χ0) is 17.4. The number of fused-ring (bicyclic) bond motifs is 2. The van der Waals surface area contributed by atoms with Gasteiger partial charge in [-0.1, -0.05) is 6.07 Å². The zero-order valence-corrected chi connectivity index (χ0v) is 14.7. The molecule has 25 heavy (non-hydrogen) atoms. The second-order valence-corrected chi connectivity index (χ2v) is 8.23. The van der Waals surface area contributed by atoms with Gasteiger partial charge in [0.05, 0.1) is 18.0 Å². The van der Waals surface area contributed by atoms with E-state index in [1.807, 2.05) is 28.9 Å². The van der Waals surface area contributed by atoms with Crippen molar-refractivity contribution >= 4 is 10.0 Å². The van der Waals surface area contributed by atoms with Crippen LogP contribution < -0.4 is 14.2 Å². The third kappa shape index (κ3) is 3.63. The summed E-state index contributed by atoms with van der Waals surface area (Å²) in [5, 5.41) is 4.35. The Balaban J connectivity index is 1.49. The van der Waals surface area contributed by atoms with Gasteiger partial charge in [-0.05, 0) is 23.8 Å². The zero-order valence-electron chi connectivity index (χ0n) is 13.9. The van der Waals surface area contributed by atoms with Gasteiger partial charge in [-0.3, -0.25) is 9.58 Å². The number of nitrogens with zero attached hydrogens (tertiary/aromatic N) is 3. The highest BCUT2D eigenvalue weighted by Gasteiger charge is 2.26. The van der Waals surface area contributed by atoms with Crippen molar-refractivity contribution in [1.29, 1.82) is 0 Å². The van der Waals surface area contributed by atoms with Gasteiger partial charge in [-0.25, -0.2) is 13.1 Å². The topological polar surface area (TPSA) is 85.7 Å². The van der Waals surface area contributed by atoms with Crippen molar-refractivity contribution in [3.05, 3.63) is 41.7 Å². The predicted octanol–water partition coefficient (Wildman–Crippen LogP) is 0.718. The van der Waals surface area contributed by atoms with Crippen molar-refractivity contribution < 1.29 is 17.9 Å². The second kappa shape index (κ2) is 6.32. The molecule has 2 aromatic rings. The van der Waals surface area contributed by atoms with Gasteiger partial charge < -0.3 is 9.47 Å². The van der Waals surface area contributed by atoms with E-state index in [1.165, 1.54) is 6.26 Å². The molecule has 1 aromatic carbocycles. The van der Waals surface area contributed by atoms with E-state index >= 15 is 0 Å². The quantitative estimate of drug-likeness (QED) is 0.841. The molecule has 0 aliphatic carbocycles. The molecule has 0 fully saturated rings. The first kappa shape index (κ1) is 16.4. The van der Waals surface area contributed by atoms with Crippen LogP contribution in [-0.4, -0.2) is 49.2 Å². The van der Waals surface area contributed by atoms with Crippen LogP contribution in [0.3, 0.4) is 0 Å². The molecule has 8 nitrogen and oxygen atoms in total. The molecule has 0 unspecified atom stereocenters. The van der Waals surface area contributed by atoms with Crippen LogP contribution in [0.25, 0.3) is 0 Å². The molecule has 9 heteroatoms. The standard InChI is InChI=1S/C16H20N4O4S/c1-25(21,22)18-7-14-10-19(9-13-4-5-17-20(13)14)8-12-2-3-15-16(6-12)24-11-23-15/h2-6,14,18H,7-11H2,1H3/t14-/m0/s1. The maximum absolute atomic E-state index is 11.4. The molecule has 0 saturated heterocycles. The predicted molar refractivity (Wildman–Crippen MR) is 90.8 cm³/mol. The summed E-state index contributed by atoms with van der Waals surface area (Å²) < 4.78 is 38.1. The highest BCUT2D eigenvalue weighted by atomic mass is 32.2. The lowest BCUT2D eigenvalue weighted by Gasteiger charge is -2.34. The molecule has 2 aliphatic rings. The summed E-state index contributed by atoms with van der Waals surface area (Å²) in [4.78, 5) is 2.28. The average molecular weight is 364 g/mol.